The molecule has 0 aliphatic rings. The van der Waals surface area contributed by atoms with Gasteiger partial charge in [0.25, 0.3) is 0 Å². The smallest absolute Gasteiger partial charge is 0.167 e. The van der Waals surface area contributed by atoms with E-state index in [1.165, 1.54) is 0 Å². The van der Waals surface area contributed by atoms with E-state index >= 15 is 0 Å². The van der Waals surface area contributed by atoms with Crippen molar-refractivity contribution in [1.82, 2.24) is 0 Å². The molecule has 2 rings (SSSR count). The lowest BCUT2D eigenvalue weighted by atomic mass is 10.1. The molecule has 1 aromatic carbocycles. The van der Waals surface area contributed by atoms with E-state index in [-0.39, 0.29) is 5.78 Å². The first-order valence-corrected chi connectivity index (χ1v) is 4.93. The highest BCUT2D eigenvalue weighted by atomic mass is 35.5. The molecular weight excluding hydrogens is 212 g/mol. The molecule has 0 saturated carbocycles. The fourth-order valence-electron chi connectivity index (χ4n) is 1.34. The van der Waals surface area contributed by atoms with Crippen LogP contribution in [0.15, 0.2) is 47.3 Å². The highest BCUT2D eigenvalue weighted by Gasteiger charge is 2.07. The number of benzene rings is 1. The number of carbonyl (C=O) groups is 1. The molecule has 0 N–H and O–H groups in total. The summed E-state index contributed by atoms with van der Waals surface area (Å²) in [4.78, 5) is 11.8. The van der Waals surface area contributed by atoms with Crippen LogP contribution in [-0.2, 0) is 6.42 Å². The molecule has 0 amide bonds. The maximum Gasteiger partial charge on any atom is 0.167 e. The van der Waals surface area contributed by atoms with Crippen LogP contribution in [0.4, 0.5) is 0 Å². The second kappa shape index (κ2) is 4.32. The van der Waals surface area contributed by atoms with E-state index in [1.807, 2.05) is 0 Å². The Morgan fingerprint density at radius 2 is 2.20 bits per heavy atom. The molecule has 2 aromatic rings. The quantitative estimate of drug-likeness (QED) is 0.743. The van der Waals surface area contributed by atoms with E-state index in [2.05, 4.69) is 0 Å². The molecule has 0 saturated heterocycles. The summed E-state index contributed by atoms with van der Waals surface area (Å²) in [6.45, 7) is 0. The van der Waals surface area contributed by atoms with Crippen LogP contribution in [0.3, 0.4) is 0 Å². The van der Waals surface area contributed by atoms with Crippen molar-refractivity contribution >= 4 is 17.4 Å². The average Bonchev–Trinajstić information content (AvgIpc) is 2.70. The fourth-order valence-corrected chi connectivity index (χ4v) is 1.53. The lowest BCUT2D eigenvalue weighted by Gasteiger charge is -1.99. The van der Waals surface area contributed by atoms with Crippen molar-refractivity contribution in [2.24, 2.45) is 0 Å². The van der Waals surface area contributed by atoms with Gasteiger partial charge < -0.3 is 4.42 Å². The van der Waals surface area contributed by atoms with Crippen LogP contribution in [0.25, 0.3) is 0 Å². The van der Waals surface area contributed by atoms with Crippen LogP contribution >= 0.6 is 11.6 Å². The topological polar surface area (TPSA) is 30.2 Å². The Hall–Kier alpha value is -1.54. The summed E-state index contributed by atoms with van der Waals surface area (Å²) in [6, 6.07) is 8.72. The molecule has 0 spiro atoms. The molecule has 0 atom stereocenters. The van der Waals surface area contributed by atoms with Crippen LogP contribution < -0.4 is 0 Å². The number of hydrogen-bond acceptors (Lipinski definition) is 2. The first-order chi connectivity index (χ1) is 7.25. The summed E-state index contributed by atoms with van der Waals surface area (Å²) in [6.07, 6.45) is 3.47. The Morgan fingerprint density at radius 1 is 1.33 bits per heavy atom. The monoisotopic (exact) mass is 220 g/mol. The van der Waals surface area contributed by atoms with Crippen molar-refractivity contribution in [3.8, 4) is 0 Å². The van der Waals surface area contributed by atoms with Crippen LogP contribution in [0.5, 0.6) is 0 Å². The normalized spacial score (nSPS) is 10.2. The van der Waals surface area contributed by atoms with Crippen LogP contribution in [0, 0.1) is 0 Å². The lowest BCUT2D eigenvalue weighted by molar-refractivity contribution is 0.0993. The third-order valence-corrected chi connectivity index (χ3v) is 2.33. The Morgan fingerprint density at radius 3 is 2.87 bits per heavy atom. The van der Waals surface area contributed by atoms with Crippen molar-refractivity contribution in [1.29, 1.82) is 0 Å². The zero-order chi connectivity index (χ0) is 10.7. The van der Waals surface area contributed by atoms with Crippen molar-refractivity contribution in [2.45, 2.75) is 6.42 Å². The van der Waals surface area contributed by atoms with E-state index in [0.717, 1.165) is 5.56 Å². The molecule has 2 nitrogen and oxygen atoms in total. The van der Waals surface area contributed by atoms with Gasteiger partial charge in [0.1, 0.15) is 0 Å². The second-order valence-electron chi connectivity index (χ2n) is 3.24. The molecule has 3 heteroatoms. The highest BCUT2D eigenvalue weighted by molar-refractivity contribution is 6.31. The predicted octanol–water partition coefficient (Wildman–Crippen LogP) is 3.36. The number of rotatable bonds is 3. The first kappa shape index (κ1) is 9.99. The van der Waals surface area contributed by atoms with Crippen molar-refractivity contribution in [3.63, 3.8) is 0 Å². The predicted molar refractivity (Wildman–Crippen MR) is 58.2 cm³/mol. The van der Waals surface area contributed by atoms with Crippen molar-refractivity contribution < 1.29 is 9.21 Å². The Labute approximate surface area is 92.5 Å². The van der Waals surface area contributed by atoms with Gasteiger partial charge >= 0.3 is 0 Å². The van der Waals surface area contributed by atoms with Gasteiger partial charge in [0.05, 0.1) is 12.5 Å². The van der Waals surface area contributed by atoms with Gasteiger partial charge in [0.2, 0.25) is 0 Å². The van der Waals surface area contributed by atoms with Gasteiger partial charge in [-0.2, -0.15) is 0 Å². The number of ketones is 1. The Kier molecular flexibility index (Phi) is 2.88. The van der Waals surface area contributed by atoms with Crippen molar-refractivity contribution in [2.75, 3.05) is 0 Å². The lowest BCUT2D eigenvalue weighted by Crippen LogP contribution is -2.02. The summed E-state index contributed by atoms with van der Waals surface area (Å²) < 4.78 is 4.90. The molecule has 76 valence electrons. The van der Waals surface area contributed by atoms with Crippen LogP contribution in [0.1, 0.15) is 15.9 Å². The van der Waals surface area contributed by atoms with Gasteiger partial charge in [-0.25, -0.2) is 0 Å². The van der Waals surface area contributed by atoms with E-state index in [0.29, 0.717) is 17.0 Å². The van der Waals surface area contributed by atoms with E-state index in [9.17, 15) is 4.79 Å². The molecule has 0 unspecified atom stereocenters. The summed E-state index contributed by atoms with van der Waals surface area (Å²) in [5.41, 5.74) is 1.50. The average molecular weight is 221 g/mol. The molecule has 15 heavy (non-hydrogen) atoms. The third kappa shape index (κ3) is 2.48. The maximum absolute atomic E-state index is 11.8. The van der Waals surface area contributed by atoms with Gasteiger partial charge in [-0.1, -0.05) is 23.7 Å². The summed E-state index contributed by atoms with van der Waals surface area (Å²) in [5, 5.41) is 0.577. The zero-order valence-corrected chi connectivity index (χ0v) is 8.70. The Balaban J connectivity index is 2.15. The van der Waals surface area contributed by atoms with Crippen molar-refractivity contribution in [3.05, 3.63) is 59.0 Å². The molecule has 0 aliphatic carbocycles. The molecule has 0 radical (unpaired) electrons. The first-order valence-electron chi connectivity index (χ1n) is 4.55. The highest BCUT2D eigenvalue weighted by Crippen LogP contribution is 2.13. The molecule has 1 heterocycles. The molecule has 0 bridgehead atoms. The third-order valence-electron chi connectivity index (χ3n) is 2.09. The van der Waals surface area contributed by atoms with E-state index in [1.54, 1.807) is 42.9 Å². The fraction of sp³-hybridized carbons (Fsp3) is 0.0833. The van der Waals surface area contributed by atoms with E-state index < -0.39 is 0 Å². The Bertz CT molecular complexity index is 460. The van der Waals surface area contributed by atoms with E-state index in [4.69, 9.17) is 16.0 Å². The maximum atomic E-state index is 11.8. The summed E-state index contributed by atoms with van der Waals surface area (Å²) in [5.74, 6) is 0.0406. The van der Waals surface area contributed by atoms with Gasteiger partial charge in [-0.05, 0) is 23.8 Å². The number of furan rings is 1. The SMILES string of the molecule is O=C(Cc1ccoc1)c1cccc(Cl)c1. The summed E-state index contributed by atoms with van der Waals surface area (Å²) in [7, 11) is 0. The minimum Gasteiger partial charge on any atom is -0.472 e. The number of Topliss-reactive ketones (excluding diaryl/α,β-unsaturated/α-hetero) is 1. The second-order valence-corrected chi connectivity index (χ2v) is 3.68. The molecule has 1 aromatic heterocycles. The van der Waals surface area contributed by atoms with Gasteiger partial charge in [-0.15, -0.1) is 0 Å². The van der Waals surface area contributed by atoms with Crippen LogP contribution in [-0.4, -0.2) is 5.78 Å². The summed E-state index contributed by atoms with van der Waals surface area (Å²) >= 11 is 5.80. The van der Waals surface area contributed by atoms with Gasteiger partial charge in [0.15, 0.2) is 5.78 Å². The molecule has 0 fully saturated rings. The van der Waals surface area contributed by atoms with Gasteiger partial charge in [-0.3, -0.25) is 4.79 Å². The van der Waals surface area contributed by atoms with Gasteiger partial charge in [0, 0.05) is 17.0 Å². The zero-order valence-electron chi connectivity index (χ0n) is 7.94. The minimum absolute atomic E-state index is 0.0406. The number of halogens is 1. The molecule has 0 aliphatic heterocycles. The minimum atomic E-state index is 0.0406. The molecular formula is C12H9ClO2. The standard InChI is InChI=1S/C12H9ClO2/c13-11-3-1-2-10(7-11)12(14)6-9-4-5-15-8-9/h1-5,7-8H,6H2. The number of hydrogen-bond donors (Lipinski definition) is 0. The number of carbonyl (C=O) groups excluding carboxylic acids is 1. The largest absolute Gasteiger partial charge is 0.472 e. The van der Waals surface area contributed by atoms with Crippen LogP contribution in [0.2, 0.25) is 5.02 Å².